The van der Waals surface area contributed by atoms with Gasteiger partial charge in [-0.2, -0.15) is 0 Å². The largest absolute Gasteiger partial charge is 0.508 e. The first kappa shape index (κ1) is 23.5. The number of phenolic OH excluding ortho intramolecular Hbond substituents is 2. The zero-order chi connectivity index (χ0) is 19.8. The minimum atomic E-state index is -0.809. The minimum absolute atomic E-state index is 0. The van der Waals surface area contributed by atoms with Gasteiger partial charge in [-0.25, -0.2) is 0 Å². The van der Waals surface area contributed by atoms with Gasteiger partial charge in [-0.15, -0.1) is 12.4 Å². The number of amides is 3. The first-order valence-electron chi connectivity index (χ1n) is 8.95. The molecule has 9 nitrogen and oxygen atoms in total. The second kappa shape index (κ2) is 11.4. The van der Waals surface area contributed by atoms with Crippen LogP contribution >= 0.6 is 12.4 Å². The molecule has 0 aromatic heterocycles. The molecule has 2 rings (SSSR count). The lowest BCUT2D eigenvalue weighted by atomic mass is 10.1. The van der Waals surface area contributed by atoms with E-state index in [0.717, 1.165) is 0 Å². The Morgan fingerprint density at radius 1 is 1.18 bits per heavy atom. The van der Waals surface area contributed by atoms with Crippen LogP contribution in [-0.4, -0.2) is 65.1 Å². The molecular weight excluding hydrogens is 388 g/mol. The molecule has 10 heteroatoms. The van der Waals surface area contributed by atoms with Crippen LogP contribution in [0.15, 0.2) is 18.2 Å². The van der Waals surface area contributed by atoms with E-state index < -0.39 is 11.9 Å². The molecule has 1 fully saturated rings. The molecule has 0 radical (unpaired) electrons. The number of piperazine rings is 1. The molecule has 0 unspecified atom stereocenters. The van der Waals surface area contributed by atoms with Crippen molar-refractivity contribution in [3.8, 4) is 11.5 Å². The number of aromatic hydroxyl groups is 2. The van der Waals surface area contributed by atoms with Crippen molar-refractivity contribution in [2.45, 2.75) is 31.7 Å². The summed E-state index contributed by atoms with van der Waals surface area (Å²) < 4.78 is 0. The highest BCUT2D eigenvalue weighted by molar-refractivity contribution is 5.88. The Morgan fingerprint density at radius 3 is 2.46 bits per heavy atom. The van der Waals surface area contributed by atoms with E-state index in [2.05, 4.69) is 10.6 Å². The molecule has 28 heavy (non-hydrogen) atoms. The Balaban J connectivity index is 0.00000392. The number of primary amides is 1. The zero-order valence-electron chi connectivity index (χ0n) is 15.5. The van der Waals surface area contributed by atoms with Crippen LogP contribution < -0.4 is 16.4 Å². The minimum Gasteiger partial charge on any atom is -0.508 e. The van der Waals surface area contributed by atoms with Gasteiger partial charge < -0.3 is 31.5 Å². The van der Waals surface area contributed by atoms with Crippen molar-refractivity contribution in [3.63, 3.8) is 0 Å². The number of hydrogen-bond acceptors (Lipinski definition) is 6. The SMILES string of the molecule is Cl.NC(=O)CC[C@H](NC(=O)CCc1ccc(O)cc1O)C(=O)N1CCNCC1. The number of carbonyl (C=O) groups is 3. The predicted molar refractivity (Wildman–Crippen MR) is 105 cm³/mol. The number of rotatable bonds is 8. The highest BCUT2D eigenvalue weighted by atomic mass is 35.5. The van der Waals surface area contributed by atoms with E-state index in [1.54, 1.807) is 4.90 Å². The third-order valence-electron chi connectivity index (χ3n) is 4.43. The number of carbonyl (C=O) groups excluding carboxylic acids is 3. The van der Waals surface area contributed by atoms with Crippen molar-refractivity contribution in [2.75, 3.05) is 26.2 Å². The number of halogens is 1. The van der Waals surface area contributed by atoms with Crippen molar-refractivity contribution in [3.05, 3.63) is 23.8 Å². The fourth-order valence-corrected chi connectivity index (χ4v) is 2.93. The summed E-state index contributed by atoms with van der Waals surface area (Å²) in [4.78, 5) is 37.7. The van der Waals surface area contributed by atoms with E-state index in [-0.39, 0.29) is 61.4 Å². The third-order valence-corrected chi connectivity index (χ3v) is 4.43. The Hall–Kier alpha value is -2.52. The summed E-state index contributed by atoms with van der Waals surface area (Å²) in [6.45, 7) is 2.46. The van der Waals surface area contributed by atoms with Gasteiger partial charge in [-0.05, 0) is 24.5 Å². The second-order valence-corrected chi connectivity index (χ2v) is 6.51. The first-order chi connectivity index (χ1) is 12.9. The topological polar surface area (TPSA) is 145 Å². The van der Waals surface area contributed by atoms with Crippen LogP contribution in [0, 0.1) is 0 Å². The number of nitrogens with one attached hydrogen (secondary N) is 2. The fourth-order valence-electron chi connectivity index (χ4n) is 2.93. The lowest BCUT2D eigenvalue weighted by molar-refractivity contribution is -0.137. The van der Waals surface area contributed by atoms with Crippen LogP contribution in [0.25, 0.3) is 0 Å². The highest BCUT2D eigenvalue weighted by Crippen LogP contribution is 2.23. The summed E-state index contributed by atoms with van der Waals surface area (Å²) in [5, 5.41) is 24.9. The maximum atomic E-state index is 12.7. The molecule has 0 aliphatic carbocycles. The molecule has 1 aromatic rings. The number of aryl methyl sites for hydroxylation is 1. The number of hydrogen-bond donors (Lipinski definition) is 5. The molecule has 0 spiro atoms. The quantitative estimate of drug-likeness (QED) is 0.392. The average Bonchev–Trinajstić information content (AvgIpc) is 2.64. The van der Waals surface area contributed by atoms with Crippen LogP contribution in [0.5, 0.6) is 11.5 Å². The Kier molecular flexibility index (Phi) is 9.54. The molecule has 6 N–H and O–H groups in total. The van der Waals surface area contributed by atoms with Gasteiger partial charge in [0.2, 0.25) is 17.7 Å². The van der Waals surface area contributed by atoms with Crippen molar-refractivity contribution in [1.82, 2.24) is 15.5 Å². The van der Waals surface area contributed by atoms with Crippen molar-refractivity contribution >= 4 is 30.1 Å². The van der Waals surface area contributed by atoms with E-state index in [1.165, 1.54) is 18.2 Å². The molecule has 1 aliphatic heterocycles. The van der Waals surface area contributed by atoms with Crippen LogP contribution in [0.1, 0.15) is 24.8 Å². The molecule has 3 amide bonds. The van der Waals surface area contributed by atoms with E-state index >= 15 is 0 Å². The lowest BCUT2D eigenvalue weighted by Gasteiger charge is -2.31. The summed E-state index contributed by atoms with van der Waals surface area (Å²) in [6, 6.07) is 3.36. The maximum Gasteiger partial charge on any atom is 0.245 e. The van der Waals surface area contributed by atoms with E-state index in [0.29, 0.717) is 31.7 Å². The second-order valence-electron chi connectivity index (χ2n) is 6.51. The van der Waals surface area contributed by atoms with Gasteiger partial charge in [-0.1, -0.05) is 6.07 Å². The van der Waals surface area contributed by atoms with Crippen LogP contribution in [0.2, 0.25) is 0 Å². The van der Waals surface area contributed by atoms with E-state index in [4.69, 9.17) is 5.73 Å². The Labute approximate surface area is 169 Å². The molecule has 1 aromatic carbocycles. The molecule has 1 heterocycles. The highest BCUT2D eigenvalue weighted by Gasteiger charge is 2.27. The van der Waals surface area contributed by atoms with Crippen LogP contribution in [0.3, 0.4) is 0 Å². The number of phenols is 2. The number of nitrogens with zero attached hydrogens (tertiary/aromatic N) is 1. The molecule has 1 aliphatic rings. The molecule has 156 valence electrons. The summed E-state index contributed by atoms with van der Waals surface area (Å²) in [7, 11) is 0. The predicted octanol–water partition coefficient (Wildman–Crippen LogP) is -0.366. The summed E-state index contributed by atoms with van der Waals surface area (Å²) in [5.41, 5.74) is 5.70. The van der Waals surface area contributed by atoms with Crippen LogP contribution in [-0.2, 0) is 20.8 Å². The summed E-state index contributed by atoms with van der Waals surface area (Å²) >= 11 is 0. The monoisotopic (exact) mass is 414 g/mol. The van der Waals surface area contributed by atoms with E-state index in [1.807, 2.05) is 0 Å². The maximum absolute atomic E-state index is 12.7. The molecule has 0 bridgehead atoms. The zero-order valence-corrected chi connectivity index (χ0v) is 16.3. The molecule has 1 saturated heterocycles. The number of benzene rings is 1. The molecule has 1 atom stereocenters. The normalized spacial score (nSPS) is 14.6. The smallest absolute Gasteiger partial charge is 0.245 e. The van der Waals surface area contributed by atoms with Gasteiger partial charge in [0.1, 0.15) is 17.5 Å². The molecule has 0 saturated carbocycles. The lowest BCUT2D eigenvalue weighted by Crippen LogP contribution is -2.54. The van der Waals surface area contributed by atoms with Gasteiger partial charge >= 0.3 is 0 Å². The van der Waals surface area contributed by atoms with Gasteiger partial charge in [0.15, 0.2) is 0 Å². The average molecular weight is 415 g/mol. The van der Waals surface area contributed by atoms with Gasteiger partial charge in [-0.3, -0.25) is 14.4 Å². The third kappa shape index (κ3) is 7.24. The van der Waals surface area contributed by atoms with Crippen molar-refractivity contribution in [2.24, 2.45) is 5.73 Å². The van der Waals surface area contributed by atoms with Crippen molar-refractivity contribution < 1.29 is 24.6 Å². The van der Waals surface area contributed by atoms with Gasteiger partial charge in [0, 0.05) is 45.1 Å². The first-order valence-corrected chi connectivity index (χ1v) is 8.95. The standard InChI is InChI=1S/C18H26N4O5.ClH/c19-16(25)5-4-14(18(27)22-9-7-20-8-10-22)21-17(26)6-2-12-1-3-13(23)11-15(12)24;/h1,3,11,14,20,23-24H,2,4-10H2,(H2,19,25)(H,21,26);1H/t14-;/m0./s1. The van der Waals surface area contributed by atoms with Crippen LogP contribution in [0.4, 0.5) is 0 Å². The Bertz CT molecular complexity index is 695. The fraction of sp³-hybridized carbons (Fsp3) is 0.500. The summed E-state index contributed by atoms with van der Waals surface area (Å²) in [6.07, 6.45) is 0.457. The van der Waals surface area contributed by atoms with Gasteiger partial charge in [0.25, 0.3) is 0 Å². The molecular formula is C18H27ClN4O5. The van der Waals surface area contributed by atoms with Crippen molar-refractivity contribution in [1.29, 1.82) is 0 Å². The number of nitrogens with two attached hydrogens (primary N) is 1. The summed E-state index contributed by atoms with van der Waals surface area (Å²) in [5.74, 6) is -1.27. The van der Waals surface area contributed by atoms with Gasteiger partial charge in [0.05, 0.1) is 0 Å². The van der Waals surface area contributed by atoms with E-state index in [9.17, 15) is 24.6 Å². The Morgan fingerprint density at radius 2 is 1.86 bits per heavy atom.